The zero-order valence-electron chi connectivity index (χ0n) is 15.5. The number of para-hydroxylation sites is 1. The number of methoxy groups -OCH3 is 1. The molecule has 0 radical (unpaired) electrons. The lowest BCUT2D eigenvalue weighted by molar-refractivity contribution is -0.134. The van der Waals surface area contributed by atoms with E-state index in [9.17, 15) is 18.8 Å². The third-order valence-corrected chi connectivity index (χ3v) is 4.84. The number of carbonyl (C=O) groups is 3. The maximum atomic E-state index is 13.6. The predicted octanol–water partition coefficient (Wildman–Crippen LogP) is 2.69. The number of ether oxygens (including phenoxy) is 1. The van der Waals surface area contributed by atoms with Crippen molar-refractivity contribution in [1.82, 2.24) is 5.32 Å². The van der Waals surface area contributed by atoms with Crippen LogP contribution in [0.4, 0.5) is 10.1 Å². The topological polar surface area (TPSA) is 84.5 Å². The van der Waals surface area contributed by atoms with Crippen molar-refractivity contribution < 1.29 is 23.5 Å². The summed E-state index contributed by atoms with van der Waals surface area (Å²) < 4.78 is 18.4. The zero-order valence-corrected chi connectivity index (χ0v) is 15.5. The molecule has 2 N–H and O–H groups in total. The largest absolute Gasteiger partial charge is 0.465 e. The first-order valence-corrected chi connectivity index (χ1v) is 8.98. The molecule has 146 valence electrons. The maximum Gasteiger partial charge on any atom is 0.339 e. The van der Waals surface area contributed by atoms with Crippen LogP contribution in [-0.4, -0.2) is 31.4 Å². The first-order chi connectivity index (χ1) is 13.5. The van der Waals surface area contributed by atoms with Gasteiger partial charge in [-0.2, -0.15) is 0 Å². The molecule has 1 aliphatic carbocycles. The SMILES string of the molecule is COC(=O)c1ccccc1NC(=O)C1(C(=O)NCCc2ccccc2F)CC1. The van der Waals surface area contributed by atoms with Crippen molar-refractivity contribution in [2.75, 3.05) is 19.0 Å². The number of benzene rings is 2. The Kier molecular flexibility index (Phi) is 5.73. The molecule has 2 aromatic rings. The van der Waals surface area contributed by atoms with Gasteiger partial charge in [-0.15, -0.1) is 0 Å². The number of anilines is 1. The van der Waals surface area contributed by atoms with Crippen molar-refractivity contribution >= 4 is 23.5 Å². The van der Waals surface area contributed by atoms with Crippen molar-refractivity contribution in [3.63, 3.8) is 0 Å². The quantitative estimate of drug-likeness (QED) is 0.568. The van der Waals surface area contributed by atoms with E-state index in [0.717, 1.165) is 0 Å². The van der Waals surface area contributed by atoms with E-state index in [4.69, 9.17) is 4.74 Å². The van der Waals surface area contributed by atoms with Gasteiger partial charge in [0.15, 0.2) is 0 Å². The van der Waals surface area contributed by atoms with Gasteiger partial charge in [0.2, 0.25) is 11.8 Å². The fraction of sp³-hybridized carbons (Fsp3) is 0.286. The lowest BCUT2D eigenvalue weighted by atomic mass is 10.0. The zero-order chi connectivity index (χ0) is 20.1. The Hall–Kier alpha value is -3.22. The monoisotopic (exact) mass is 384 g/mol. The summed E-state index contributed by atoms with van der Waals surface area (Å²) in [4.78, 5) is 37.1. The molecule has 1 fully saturated rings. The van der Waals surface area contributed by atoms with Gasteiger partial charge in [-0.1, -0.05) is 30.3 Å². The third kappa shape index (κ3) is 4.03. The van der Waals surface area contributed by atoms with Gasteiger partial charge in [-0.05, 0) is 43.0 Å². The highest BCUT2D eigenvalue weighted by Crippen LogP contribution is 2.47. The van der Waals surface area contributed by atoms with Crippen LogP contribution < -0.4 is 10.6 Å². The van der Waals surface area contributed by atoms with Gasteiger partial charge < -0.3 is 15.4 Å². The van der Waals surface area contributed by atoms with Gasteiger partial charge >= 0.3 is 5.97 Å². The lowest BCUT2D eigenvalue weighted by Gasteiger charge is -2.17. The summed E-state index contributed by atoms with van der Waals surface area (Å²) in [6, 6.07) is 12.8. The Labute approximate surface area is 162 Å². The van der Waals surface area contributed by atoms with E-state index in [1.54, 1.807) is 36.4 Å². The number of esters is 1. The van der Waals surface area contributed by atoms with E-state index in [1.807, 2.05) is 0 Å². The number of nitrogens with one attached hydrogen (secondary N) is 2. The van der Waals surface area contributed by atoms with Crippen LogP contribution in [0.15, 0.2) is 48.5 Å². The van der Waals surface area contributed by atoms with Crippen molar-refractivity contribution in [1.29, 1.82) is 0 Å². The first kappa shape index (κ1) is 19.5. The van der Waals surface area contributed by atoms with E-state index in [-0.39, 0.29) is 17.9 Å². The molecule has 2 amide bonds. The Morgan fingerprint density at radius 3 is 2.39 bits per heavy atom. The summed E-state index contributed by atoms with van der Waals surface area (Å²) in [5.41, 5.74) is -0.138. The standard InChI is InChI=1S/C21H21FN2O4/c1-28-18(25)15-7-3-5-9-17(15)24-20(27)21(11-12-21)19(26)23-13-10-14-6-2-4-8-16(14)22/h2-9H,10-13H2,1H3,(H,23,26)(H,24,27). The Balaban J connectivity index is 1.62. The number of hydrogen-bond donors (Lipinski definition) is 2. The predicted molar refractivity (Wildman–Crippen MR) is 101 cm³/mol. The number of carbonyl (C=O) groups excluding carboxylic acids is 3. The molecule has 28 heavy (non-hydrogen) atoms. The molecule has 0 saturated heterocycles. The van der Waals surface area contributed by atoms with Crippen molar-refractivity contribution in [2.24, 2.45) is 5.41 Å². The van der Waals surface area contributed by atoms with E-state index in [1.165, 1.54) is 19.2 Å². The van der Waals surface area contributed by atoms with Crippen LogP contribution in [-0.2, 0) is 20.7 Å². The van der Waals surface area contributed by atoms with Crippen LogP contribution in [0, 0.1) is 11.2 Å². The summed E-state index contributed by atoms with van der Waals surface area (Å²) >= 11 is 0. The van der Waals surface area contributed by atoms with Gasteiger partial charge in [0.25, 0.3) is 0 Å². The van der Waals surface area contributed by atoms with Crippen LogP contribution in [0.2, 0.25) is 0 Å². The fourth-order valence-corrected chi connectivity index (χ4v) is 2.99. The smallest absolute Gasteiger partial charge is 0.339 e. The minimum atomic E-state index is -1.15. The minimum Gasteiger partial charge on any atom is -0.465 e. The van der Waals surface area contributed by atoms with Crippen LogP contribution in [0.25, 0.3) is 0 Å². The molecule has 6 nitrogen and oxygen atoms in total. The molecule has 0 heterocycles. The molecule has 7 heteroatoms. The molecule has 0 atom stereocenters. The second-order valence-electron chi connectivity index (χ2n) is 6.67. The second kappa shape index (κ2) is 8.21. The molecule has 0 aliphatic heterocycles. The van der Waals surface area contributed by atoms with Crippen molar-refractivity contribution in [2.45, 2.75) is 19.3 Å². The molecule has 0 aromatic heterocycles. The molecule has 1 aliphatic rings. The maximum absolute atomic E-state index is 13.6. The molecular formula is C21H21FN2O4. The van der Waals surface area contributed by atoms with E-state index < -0.39 is 23.2 Å². The summed E-state index contributed by atoms with van der Waals surface area (Å²) in [6.45, 7) is 0.230. The molecule has 2 aromatic carbocycles. The number of hydrogen-bond acceptors (Lipinski definition) is 4. The summed E-state index contributed by atoms with van der Waals surface area (Å²) in [5, 5.41) is 5.38. The van der Waals surface area contributed by atoms with Gasteiger partial charge in [-0.25, -0.2) is 9.18 Å². The van der Waals surface area contributed by atoms with Crippen LogP contribution in [0.1, 0.15) is 28.8 Å². The summed E-state index contributed by atoms with van der Waals surface area (Å²) in [5.74, 6) is -1.76. The molecule has 0 unspecified atom stereocenters. The fourth-order valence-electron chi connectivity index (χ4n) is 2.99. The number of rotatable bonds is 7. The van der Waals surface area contributed by atoms with Crippen molar-refractivity contribution in [3.8, 4) is 0 Å². The van der Waals surface area contributed by atoms with Crippen LogP contribution in [0.5, 0.6) is 0 Å². The van der Waals surface area contributed by atoms with Gasteiger partial charge in [0, 0.05) is 6.54 Å². The summed E-state index contributed by atoms with van der Waals surface area (Å²) in [7, 11) is 1.26. The Morgan fingerprint density at radius 1 is 1.04 bits per heavy atom. The van der Waals surface area contributed by atoms with Crippen LogP contribution >= 0.6 is 0 Å². The number of amides is 2. The molecule has 1 saturated carbocycles. The van der Waals surface area contributed by atoms with Gasteiger partial charge in [0.1, 0.15) is 11.2 Å². The highest BCUT2D eigenvalue weighted by molar-refractivity contribution is 6.14. The van der Waals surface area contributed by atoms with Gasteiger partial charge in [-0.3, -0.25) is 9.59 Å². The molecule has 3 rings (SSSR count). The first-order valence-electron chi connectivity index (χ1n) is 8.98. The Morgan fingerprint density at radius 2 is 1.71 bits per heavy atom. The van der Waals surface area contributed by atoms with Gasteiger partial charge in [0.05, 0.1) is 18.4 Å². The summed E-state index contributed by atoms with van der Waals surface area (Å²) in [6.07, 6.45) is 1.18. The van der Waals surface area contributed by atoms with E-state index >= 15 is 0 Å². The average molecular weight is 384 g/mol. The van der Waals surface area contributed by atoms with E-state index in [2.05, 4.69) is 10.6 Å². The highest BCUT2D eigenvalue weighted by Gasteiger charge is 2.56. The average Bonchev–Trinajstić information content (AvgIpc) is 3.51. The third-order valence-electron chi connectivity index (χ3n) is 4.84. The van der Waals surface area contributed by atoms with Crippen molar-refractivity contribution in [3.05, 3.63) is 65.5 Å². The van der Waals surface area contributed by atoms with Crippen LogP contribution in [0.3, 0.4) is 0 Å². The second-order valence-corrected chi connectivity index (χ2v) is 6.67. The molecule has 0 bridgehead atoms. The normalized spacial score (nSPS) is 14.1. The molecule has 0 spiro atoms. The highest BCUT2D eigenvalue weighted by atomic mass is 19.1. The molecular weight excluding hydrogens is 363 g/mol. The van der Waals surface area contributed by atoms with E-state index in [0.29, 0.717) is 30.5 Å². The minimum absolute atomic E-state index is 0.217. The number of halogens is 1. The lowest BCUT2D eigenvalue weighted by Crippen LogP contribution is -2.41. The Bertz CT molecular complexity index is 909.